The average Bonchev–Trinajstić information content (AvgIpc) is 2.83. The van der Waals surface area contributed by atoms with Crippen LogP contribution in [0.2, 0.25) is 0 Å². The van der Waals surface area contributed by atoms with E-state index in [9.17, 15) is 0 Å². The Labute approximate surface area is 108 Å². The first-order chi connectivity index (χ1) is 8.56. The van der Waals surface area contributed by atoms with E-state index in [2.05, 4.69) is 5.48 Å². The van der Waals surface area contributed by atoms with Crippen molar-refractivity contribution in [3.63, 3.8) is 0 Å². The molecule has 0 fully saturated rings. The van der Waals surface area contributed by atoms with Gasteiger partial charge < -0.3 is 4.42 Å². The minimum Gasteiger partial charge on any atom is -0.467 e. The largest absolute Gasteiger partial charge is 0.467 e. The van der Waals surface area contributed by atoms with Gasteiger partial charge in [-0.05, 0) is 38.5 Å². The van der Waals surface area contributed by atoms with Crippen LogP contribution in [0.3, 0.4) is 0 Å². The highest BCUT2D eigenvalue weighted by Gasteiger charge is 2.20. The zero-order valence-corrected chi connectivity index (χ0v) is 11.0. The van der Waals surface area contributed by atoms with Gasteiger partial charge in [0, 0.05) is 0 Å². The Balaban J connectivity index is 2.19. The normalized spacial score (nSPS) is 13.5. The molecule has 1 unspecified atom stereocenters. The molecule has 18 heavy (non-hydrogen) atoms. The topological polar surface area (TPSA) is 34.4 Å². The molecule has 0 aliphatic rings. The summed E-state index contributed by atoms with van der Waals surface area (Å²) in [6.45, 7) is 6.01. The molecule has 0 aliphatic carbocycles. The second-order valence-electron chi connectivity index (χ2n) is 5.19. The zero-order valence-electron chi connectivity index (χ0n) is 11.0. The van der Waals surface area contributed by atoms with Crippen LogP contribution < -0.4 is 5.48 Å². The molecule has 0 saturated carbocycles. The third-order valence-electron chi connectivity index (χ3n) is 2.44. The van der Waals surface area contributed by atoms with E-state index in [1.165, 1.54) is 0 Å². The summed E-state index contributed by atoms with van der Waals surface area (Å²) in [6, 6.07) is 13.8. The first-order valence-corrected chi connectivity index (χ1v) is 6.08. The second-order valence-corrected chi connectivity index (χ2v) is 5.19. The quantitative estimate of drug-likeness (QED) is 0.834. The van der Waals surface area contributed by atoms with Crippen molar-refractivity contribution in [2.45, 2.75) is 32.4 Å². The van der Waals surface area contributed by atoms with Crippen molar-refractivity contribution in [1.82, 2.24) is 5.48 Å². The third kappa shape index (κ3) is 3.45. The Hall–Kier alpha value is -1.58. The first-order valence-electron chi connectivity index (χ1n) is 6.08. The highest BCUT2D eigenvalue weighted by molar-refractivity contribution is 5.25. The van der Waals surface area contributed by atoms with Crippen molar-refractivity contribution < 1.29 is 9.25 Å². The molecule has 0 radical (unpaired) electrons. The summed E-state index contributed by atoms with van der Waals surface area (Å²) < 4.78 is 5.47. The van der Waals surface area contributed by atoms with Crippen LogP contribution in [0, 0.1) is 0 Å². The van der Waals surface area contributed by atoms with Gasteiger partial charge in [-0.15, -0.1) is 0 Å². The van der Waals surface area contributed by atoms with Crippen molar-refractivity contribution in [2.75, 3.05) is 0 Å². The second kappa shape index (κ2) is 5.38. The van der Waals surface area contributed by atoms with E-state index in [0.29, 0.717) is 0 Å². The van der Waals surface area contributed by atoms with Crippen molar-refractivity contribution in [2.24, 2.45) is 0 Å². The lowest BCUT2D eigenvalue weighted by Gasteiger charge is -2.24. The van der Waals surface area contributed by atoms with Crippen LogP contribution in [0.1, 0.15) is 38.1 Å². The van der Waals surface area contributed by atoms with Crippen molar-refractivity contribution >= 4 is 0 Å². The molecule has 0 spiro atoms. The van der Waals surface area contributed by atoms with Gasteiger partial charge in [-0.1, -0.05) is 30.3 Å². The molecule has 0 saturated heterocycles. The summed E-state index contributed by atoms with van der Waals surface area (Å²) in [5.74, 6) is 0.838. The van der Waals surface area contributed by atoms with Gasteiger partial charge in [0.15, 0.2) is 0 Å². The summed E-state index contributed by atoms with van der Waals surface area (Å²) in [4.78, 5) is 5.66. The predicted octanol–water partition coefficient (Wildman–Crippen LogP) is 3.69. The smallest absolute Gasteiger partial charge is 0.127 e. The molecule has 3 nitrogen and oxygen atoms in total. The van der Waals surface area contributed by atoms with Crippen LogP contribution in [0.5, 0.6) is 0 Å². The first kappa shape index (κ1) is 12.9. The highest BCUT2D eigenvalue weighted by atomic mass is 16.7. The molecule has 2 rings (SSSR count). The van der Waals surface area contributed by atoms with Gasteiger partial charge in [-0.25, -0.2) is 0 Å². The fraction of sp³-hybridized carbons (Fsp3) is 0.333. The summed E-state index contributed by atoms with van der Waals surface area (Å²) >= 11 is 0. The summed E-state index contributed by atoms with van der Waals surface area (Å²) in [5.41, 5.74) is 3.94. The number of hydrogen-bond acceptors (Lipinski definition) is 3. The molecular weight excluding hydrogens is 226 g/mol. The van der Waals surface area contributed by atoms with Gasteiger partial charge in [-0.2, -0.15) is 5.48 Å². The predicted molar refractivity (Wildman–Crippen MR) is 71.0 cm³/mol. The molecule has 0 aliphatic heterocycles. The number of nitrogens with one attached hydrogen (secondary N) is 1. The van der Waals surface area contributed by atoms with E-state index >= 15 is 0 Å². The van der Waals surface area contributed by atoms with E-state index in [0.717, 1.165) is 11.3 Å². The molecule has 1 heterocycles. The number of furan rings is 1. The van der Waals surface area contributed by atoms with Crippen molar-refractivity contribution in [3.05, 3.63) is 60.1 Å². The number of hydrogen-bond donors (Lipinski definition) is 1. The third-order valence-corrected chi connectivity index (χ3v) is 2.44. The van der Waals surface area contributed by atoms with E-state index in [1.54, 1.807) is 6.26 Å². The number of hydroxylamine groups is 1. The fourth-order valence-electron chi connectivity index (χ4n) is 1.63. The zero-order chi connectivity index (χ0) is 13.0. The molecule has 1 aromatic heterocycles. The molecule has 0 amide bonds. The lowest BCUT2D eigenvalue weighted by atomic mass is 10.1. The minimum absolute atomic E-state index is 0.0968. The molecule has 0 bridgehead atoms. The SMILES string of the molecule is CC(C)(C)ONC(c1ccccc1)c1ccco1. The summed E-state index contributed by atoms with van der Waals surface area (Å²) in [7, 11) is 0. The lowest BCUT2D eigenvalue weighted by molar-refractivity contribution is -0.0857. The van der Waals surface area contributed by atoms with Gasteiger partial charge in [0.05, 0.1) is 11.9 Å². The maximum atomic E-state index is 5.66. The van der Waals surface area contributed by atoms with Gasteiger partial charge in [0.2, 0.25) is 0 Å². The molecule has 1 N–H and O–H groups in total. The van der Waals surface area contributed by atoms with Crippen LogP contribution in [0.4, 0.5) is 0 Å². The summed E-state index contributed by atoms with van der Waals surface area (Å²) in [5, 5.41) is 0. The molecule has 2 aromatic rings. The van der Waals surface area contributed by atoms with Crippen LogP contribution >= 0.6 is 0 Å². The van der Waals surface area contributed by atoms with E-state index in [1.807, 2.05) is 63.2 Å². The maximum absolute atomic E-state index is 5.66. The fourth-order valence-corrected chi connectivity index (χ4v) is 1.63. The van der Waals surface area contributed by atoms with E-state index in [-0.39, 0.29) is 11.6 Å². The molecule has 1 atom stereocenters. The molecular formula is C15H19NO2. The lowest BCUT2D eigenvalue weighted by Crippen LogP contribution is -2.32. The molecule has 1 aromatic carbocycles. The van der Waals surface area contributed by atoms with E-state index < -0.39 is 0 Å². The average molecular weight is 245 g/mol. The molecule has 96 valence electrons. The van der Waals surface area contributed by atoms with Crippen LogP contribution in [-0.4, -0.2) is 5.60 Å². The van der Waals surface area contributed by atoms with Crippen LogP contribution in [0.25, 0.3) is 0 Å². The van der Waals surface area contributed by atoms with Gasteiger partial charge >= 0.3 is 0 Å². The Bertz CT molecular complexity index is 457. The van der Waals surface area contributed by atoms with E-state index in [4.69, 9.17) is 9.25 Å². The highest BCUT2D eigenvalue weighted by Crippen LogP contribution is 2.23. The summed E-state index contributed by atoms with van der Waals surface area (Å²) in [6.07, 6.45) is 1.67. The van der Waals surface area contributed by atoms with Crippen LogP contribution in [-0.2, 0) is 4.84 Å². The Morgan fingerprint density at radius 3 is 2.33 bits per heavy atom. The Morgan fingerprint density at radius 1 is 1.06 bits per heavy atom. The number of rotatable bonds is 4. The number of benzene rings is 1. The van der Waals surface area contributed by atoms with Gasteiger partial charge in [0.25, 0.3) is 0 Å². The Morgan fingerprint density at radius 2 is 1.78 bits per heavy atom. The van der Waals surface area contributed by atoms with Crippen LogP contribution in [0.15, 0.2) is 53.1 Å². The van der Waals surface area contributed by atoms with Crippen molar-refractivity contribution in [3.8, 4) is 0 Å². The maximum Gasteiger partial charge on any atom is 0.127 e. The van der Waals surface area contributed by atoms with Crippen molar-refractivity contribution in [1.29, 1.82) is 0 Å². The molecule has 3 heteroatoms. The van der Waals surface area contributed by atoms with Gasteiger partial charge in [-0.3, -0.25) is 4.84 Å². The monoisotopic (exact) mass is 245 g/mol. The standard InChI is InChI=1S/C15H19NO2/c1-15(2,3)18-16-14(13-10-7-11-17-13)12-8-5-4-6-9-12/h4-11,14,16H,1-3H3. The minimum atomic E-state index is -0.250. The Kier molecular flexibility index (Phi) is 3.84. The van der Waals surface area contributed by atoms with Gasteiger partial charge in [0.1, 0.15) is 11.8 Å².